The highest BCUT2D eigenvalue weighted by Crippen LogP contribution is 1.99. The largest absolute Gasteiger partial charge is 0.0998 e. The van der Waals surface area contributed by atoms with E-state index in [2.05, 4.69) is 19.9 Å². The highest BCUT2D eigenvalue weighted by molar-refractivity contribution is 5.02. The van der Waals surface area contributed by atoms with Crippen molar-refractivity contribution in [2.45, 2.75) is 26.7 Å². The lowest BCUT2D eigenvalue weighted by molar-refractivity contribution is 0.908. The van der Waals surface area contributed by atoms with Crippen LogP contribution in [0.25, 0.3) is 0 Å². The summed E-state index contributed by atoms with van der Waals surface area (Å²) < 4.78 is 0. The van der Waals surface area contributed by atoms with Gasteiger partial charge in [-0.2, -0.15) is 0 Å². The van der Waals surface area contributed by atoms with E-state index in [0.29, 0.717) is 0 Å². The van der Waals surface area contributed by atoms with Crippen LogP contribution < -0.4 is 0 Å². The van der Waals surface area contributed by atoms with Crippen molar-refractivity contribution >= 4 is 0 Å². The van der Waals surface area contributed by atoms with Gasteiger partial charge in [0.25, 0.3) is 0 Å². The summed E-state index contributed by atoms with van der Waals surface area (Å²) in [6.07, 6.45) is 4.56. The lowest BCUT2D eigenvalue weighted by atomic mass is 10.2. The van der Waals surface area contributed by atoms with Crippen LogP contribution in [0.4, 0.5) is 0 Å². The highest BCUT2D eigenvalue weighted by atomic mass is 13.9. The van der Waals surface area contributed by atoms with Crippen LogP contribution in [0.5, 0.6) is 0 Å². The van der Waals surface area contributed by atoms with Crippen molar-refractivity contribution < 1.29 is 0 Å². The molecule has 0 aliphatic heterocycles. The Labute approximate surface area is 46.2 Å². The average Bonchev–Trinajstić information content (AvgIpc) is 1.61. The summed E-state index contributed by atoms with van der Waals surface area (Å²) in [5, 5.41) is 0. The van der Waals surface area contributed by atoms with E-state index in [0.717, 1.165) is 0 Å². The zero-order chi connectivity index (χ0) is 5.70. The van der Waals surface area contributed by atoms with Crippen LogP contribution >= 0.6 is 0 Å². The van der Waals surface area contributed by atoms with E-state index in [1.165, 1.54) is 18.4 Å². The molecule has 0 bridgehead atoms. The molecule has 7 heavy (non-hydrogen) atoms. The molecule has 0 aromatic rings. The summed E-state index contributed by atoms with van der Waals surface area (Å²) >= 11 is 0. The normalized spacial score (nSPS) is 8.86. The standard InChI is InChI=1S/C7H13/c1-4-5-6-7(2)3/h6H,2,4-5H2,1,3H3. The minimum absolute atomic E-state index is 1.18. The molecule has 0 fully saturated rings. The van der Waals surface area contributed by atoms with Crippen LogP contribution in [-0.4, -0.2) is 0 Å². The molecule has 0 nitrogen and oxygen atoms in total. The molecule has 0 saturated heterocycles. The molecule has 0 spiro atoms. The summed E-state index contributed by atoms with van der Waals surface area (Å²) in [5.41, 5.74) is 1.18. The SMILES string of the molecule is C=C(C)[CH]CCC. The van der Waals surface area contributed by atoms with E-state index in [1.54, 1.807) is 0 Å². The van der Waals surface area contributed by atoms with E-state index >= 15 is 0 Å². The second-order valence-electron chi connectivity index (χ2n) is 1.84. The Balaban J connectivity index is 2.82. The lowest BCUT2D eigenvalue weighted by Crippen LogP contribution is -1.73. The number of unbranched alkanes of at least 4 members (excludes halogenated alkanes) is 1. The number of hydrogen-bond donors (Lipinski definition) is 0. The number of allylic oxidation sites excluding steroid dienone is 1. The Morgan fingerprint density at radius 1 is 1.71 bits per heavy atom. The zero-order valence-corrected chi connectivity index (χ0v) is 5.20. The minimum atomic E-state index is 1.18. The fourth-order valence-corrected chi connectivity index (χ4v) is 0.391. The molecule has 0 aromatic carbocycles. The lowest BCUT2D eigenvalue weighted by Gasteiger charge is -1.91. The van der Waals surface area contributed by atoms with Gasteiger partial charge in [0.05, 0.1) is 0 Å². The van der Waals surface area contributed by atoms with Crippen LogP contribution in [0.15, 0.2) is 12.2 Å². The second-order valence-corrected chi connectivity index (χ2v) is 1.84. The fourth-order valence-electron chi connectivity index (χ4n) is 0.391. The van der Waals surface area contributed by atoms with Gasteiger partial charge in [0.1, 0.15) is 0 Å². The molecule has 0 aliphatic carbocycles. The Bertz CT molecular complexity index is 53.1. The van der Waals surface area contributed by atoms with Crippen LogP contribution in [0, 0.1) is 6.42 Å². The van der Waals surface area contributed by atoms with Crippen molar-refractivity contribution in [3.63, 3.8) is 0 Å². The maximum Gasteiger partial charge on any atom is -0.0143 e. The molecule has 0 N–H and O–H groups in total. The smallest absolute Gasteiger partial charge is 0.0143 e. The van der Waals surface area contributed by atoms with E-state index in [9.17, 15) is 0 Å². The zero-order valence-electron chi connectivity index (χ0n) is 5.20. The summed E-state index contributed by atoms with van der Waals surface area (Å²) in [7, 11) is 0. The molecule has 0 aliphatic rings. The molecule has 0 saturated carbocycles. The molecule has 0 heterocycles. The van der Waals surface area contributed by atoms with Gasteiger partial charge in [0, 0.05) is 0 Å². The highest BCUT2D eigenvalue weighted by Gasteiger charge is 1.81. The Hall–Kier alpha value is -0.260. The first-order valence-corrected chi connectivity index (χ1v) is 2.76. The van der Waals surface area contributed by atoms with E-state index in [1.807, 2.05) is 6.92 Å². The number of rotatable bonds is 3. The maximum atomic E-state index is 3.74. The molecule has 0 unspecified atom stereocenters. The third-order valence-electron chi connectivity index (χ3n) is 0.781. The van der Waals surface area contributed by atoms with Gasteiger partial charge < -0.3 is 0 Å². The van der Waals surface area contributed by atoms with Gasteiger partial charge >= 0.3 is 0 Å². The monoisotopic (exact) mass is 97.1 g/mol. The van der Waals surface area contributed by atoms with Crippen molar-refractivity contribution in [1.29, 1.82) is 0 Å². The number of hydrogen-bond acceptors (Lipinski definition) is 0. The minimum Gasteiger partial charge on any atom is -0.0998 e. The maximum absolute atomic E-state index is 3.74. The van der Waals surface area contributed by atoms with Crippen LogP contribution in [0.1, 0.15) is 26.7 Å². The third-order valence-corrected chi connectivity index (χ3v) is 0.781. The second kappa shape index (κ2) is 3.91. The summed E-state index contributed by atoms with van der Waals surface area (Å²) in [6, 6.07) is 0. The van der Waals surface area contributed by atoms with Crippen molar-refractivity contribution in [2.75, 3.05) is 0 Å². The molecule has 0 aromatic heterocycles. The molecule has 0 heteroatoms. The predicted octanol–water partition coefficient (Wildman–Crippen LogP) is 2.57. The van der Waals surface area contributed by atoms with Gasteiger partial charge in [0.2, 0.25) is 0 Å². The summed E-state index contributed by atoms with van der Waals surface area (Å²) in [5.74, 6) is 0. The predicted molar refractivity (Wildman–Crippen MR) is 34.0 cm³/mol. The molecule has 0 rings (SSSR count). The molecular weight excluding hydrogens is 84.1 g/mol. The van der Waals surface area contributed by atoms with E-state index < -0.39 is 0 Å². The molecule has 0 atom stereocenters. The van der Waals surface area contributed by atoms with Crippen molar-refractivity contribution in [1.82, 2.24) is 0 Å². The van der Waals surface area contributed by atoms with E-state index in [4.69, 9.17) is 0 Å². The summed E-state index contributed by atoms with van der Waals surface area (Å²) in [6.45, 7) is 7.93. The summed E-state index contributed by atoms with van der Waals surface area (Å²) in [4.78, 5) is 0. The molecule has 0 amide bonds. The van der Waals surface area contributed by atoms with Crippen LogP contribution in [-0.2, 0) is 0 Å². The van der Waals surface area contributed by atoms with Crippen LogP contribution in [0.3, 0.4) is 0 Å². The topological polar surface area (TPSA) is 0 Å². The quantitative estimate of drug-likeness (QED) is 0.507. The fraction of sp³-hybridized carbons (Fsp3) is 0.571. The van der Waals surface area contributed by atoms with Gasteiger partial charge in [-0.25, -0.2) is 0 Å². The molecule has 1 radical (unpaired) electrons. The average molecular weight is 97.2 g/mol. The first-order valence-electron chi connectivity index (χ1n) is 2.76. The van der Waals surface area contributed by atoms with Gasteiger partial charge in [-0.05, 0) is 19.8 Å². The first-order chi connectivity index (χ1) is 3.27. The van der Waals surface area contributed by atoms with Gasteiger partial charge in [-0.3, -0.25) is 0 Å². The van der Waals surface area contributed by atoms with Gasteiger partial charge in [-0.1, -0.05) is 25.5 Å². The van der Waals surface area contributed by atoms with Crippen molar-refractivity contribution in [3.05, 3.63) is 18.6 Å². The first kappa shape index (κ1) is 6.74. The van der Waals surface area contributed by atoms with Crippen molar-refractivity contribution in [2.24, 2.45) is 0 Å². The van der Waals surface area contributed by atoms with E-state index in [-0.39, 0.29) is 0 Å². The van der Waals surface area contributed by atoms with Crippen LogP contribution in [0.2, 0.25) is 0 Å². The Kier molecular flexibility index (Phi) is 3.77. The Morgan fingerprint density at radius 2 is 2.29 bits per heavy atom. The Morgan fingerprint density at radius 3 is 2.43 bits per heavy atom. The van der Waals surface area contributed by atoms with Gasteiger partial charge in [-0.15, -0.1) is 0 Å². The third kappa shape index (κ3) is 5.74. The van der Waals surface area contributed by atoms with Gasteiger partial charge in [0.15, 0.2) is 0 Å². The molecular formula is C7H13. The molecule has 41 valence electrons. The van der Waals surface area contributed by atoms with Crippen molar-refractivity contribution in [3.8, 4) is 0 Å².